The summed E-state index contributed by atoms with van der Waals surface area (Å²) in [5.74, 6) is -0.168. The van der Waals surface area contributed by atoms with Crippen molar-refractivity contribution < 1.29 is 14.1 Å². The summed E-state index contributed by atoms with van der Waals surface area (Å²) in [5.41, 5.74) is 4.37. The Morgan fingerprint density at radius 2 is 1.96 bits per heavy atom. The molecular weight excluding hydrogens is 304 g/mol. The standard InChI is InChI=1S/C19H18N2O3/c1-13-6-8-15(9-7-13)17-11-18(24-21-17)19(22)20-16-5-3-4-14(10-16)12-23-2/h3-11H,12H2,1-2H3,(H,20,22). The Balaban J connectivity index is 1.74. The minimum Gasteiger partial charge on any atom is -0.380 e. The molecule has 1 aromatic heterocycles. The molecule has 0 aliphatic heterocycles. The number of rotatable bonds is 5. The summed E-state index contributed by atoms with van der Waals surface area (Å²) in [6.07, 6.45) is 0. The maximum absolute atomic E-state index is 12.3. The molecule has 0 radical (unpaired) electrons. The second-order valence-electron chi connectivity index (χ2n) is 5.53. The number of amides is 1. The van der Waals surface area contributed by atoms with Crippen LogP contribution in [-0.4, -0.2) is 18.2 Å². The first-order valence-corrected chi connectivity index (χ1v) is 7.58. The molecule has 0 atom stereocenters. The van der Waals surface area contributed by atoms with Gasteiger partial charge in [-0.1, -0.05) is 47.1 Å². The van der Waals surface area contributed by atoms with E-state index in [2.05, 4.69) is 10.5 Å². The van der Waals surface area contributed by atoms with Crippen LogP contribution in [0.2, 0.25) is 0 Å². The van der Waals surface area contributed by atoms with Gasteiger partial charge in [-0.2, -0.15) is 0 Å². The van der Waals surface area contributed by atoms with Gasteiger partial charge >= 0.3 is 0 Å². The molecule has 0 aliphatic carbocycles. The average molecular weight is 322 g/mol. The highest BCUT2D eigenvalue weighted by atomic mass is 16.5. The van der Waals surface area contributed by atoms with Gasteiger partial charge in [0.25, 0.3) is 5.91 Å². The molecule has 3 aromatic rings. The van der Waals surface area contributed by atoms with E-state index in [1.165, 1.54) is 0 Å². The van der Waals surface area contributed by atoms with Gasteiger partial charge in [0.15, 0.2) is 0 Å². The maximum Gasteiger partial charge on any atom is 0.294 e. The molecule has 0 unspecified atom stereocenters. The number of hydrogen-bond donors (Lipinski definition) is 1. The molecule has 1 heterocycles. The maximum atomic E-state index is 12.3. The van der Waals surface area contributed by atoms with Crippen molar-refractivity contribution in [3.05, 3.63) is 71.5 Å². The normalized spacial score (nSPS) is 10.6. The van der Waals surface area contributed by atoms with Crippen LogP contribution >= 0.6 is 0 Å². The number of benzene rings is 2. The summed E-state index contributed by atoms with van der Waals surface area (Å²) in [7, 11) is 1.63. The number of methoxy groups -OCH3 is 1. The summed E-state index contributed by atoms with van der Waals surface area (Å²) in [5, 5.41) is 6.77. The smallest absolute Gasteiger partial charge is 0.294 e. The molecule has 1 amide bonds. The predicted octanol–water partition coefficient (Wildman–Crippen LogP) is 4.05. The number of nitrogens with one attached hydrogen (secondary N) is 1. The summed E-state index contributed by atoms with van der Waals surface area (Å²) < 4.78 is 10.3. The molecule has 5 nitrogen and oxygen atoms in total. The van der Waals surface area contributed by atoms with Crippen LogP contribution in [0.5, 0.6) is 0 Å². The highest BCUT2D eigenvalue weighted by Crippen LogP contribution is 2.20. The number of carbonyl (C=O) groups excluding carboxylic acids is 1. The lowest BCUT2D eigenvalue weighted by atomic mass is 10.1. The van der Waals surface area contributed by atoms with Crippen molar-refractivity contribution in [1.29, 1.82) is 0 Å². The molecule has 0 fully saturated rings. The van der Waals surface area contributed by atoms with E-state index in [1.807, 2.05) is 55.5 Å². The third-order valence-corrected chi connectivity index (χ3v) is 3.58. The van der Waals surface area contributed by atoms with E-state index in [4.69, 9.17) is 9.26 Å². The van der Waals surface area contributed by atoms with Crippen LogP contribution in [0.3, 0.4) is 0 Å². The van der Waals surface area contributed by atoms with Crippen molar-refractivity contribution in [2.24, 2.45) is 0 Å². The lowest BCUT2D eigenvalue weighted by Crippen LogP contribution is -2.11. The molecule has 0 spiro atoms. The van der Waals surface area contributed by atoms with E-state index >= 15 is 0 Å². The second kappa shape index (κ2) is 7.10. The Morgan fingerprint density at radius 1 is 1.17 bits per heavy atom. The third-order valence-electron chi connectivity index (χ3n) is 3.58. The molecular formula is C19H18N2O3. The molecule has 0 bridgehead atoms. The highest BCUT2D eigenvalue weighted by molar-refractivity contribution is 6.02. The first kappa shape index (κ1) is 16.0. The fourth-order valence-corrected chi connectivity index (χ4v) is 2.34. The van der Waals surface area contributed by atoms with Crippen molar-refractivity contribution in [3.8, 4) is 11.3 Å². The molecule has 0 saturated carbocycles. The molecule has 0 aliphatic rings. The van der Waals surface area contributed by atoms with Crippen LogP contribution in [-0.2, 0) is 11.3 Å². The molecule has 24 heavy (non-hydrogen) atoms. The Labute approximate surface area is 140 Å². The van der Waals surface area contributed by atoms with Crippen molar-refractivity contribution in [3.63, 3.8) is 0 Å². The van der Waals surface area contributed by atoms with E-state index in [0.717, 1.165) is 16.7 Å². The van der Waals surface area contributed by atoms with Crippen LogP contribution < -0.4 is 5.32 Å². The van der Waals surface area contributed by atoms with E-state index in [1.54, 1.807) is 13.2 Å². The zero-order valence-corrected chi connectivity index (χ0v) is 13.6. The van der Waals surface area contributed by atoms with E-state index < -0.39 is 0 Å². The summed E-state index contributed by atoms with van der Waals surface area (Å²) in [4.78, 5) is 12.3. The Bertz CT molecular complexity index is 838. The largest absolute Gasteiger partial charge is 0.380 e. The molecule has 0 saturated heterocycles. The molecule has 122 valence electrons. The highest BCUT2D eigenvalue weighted by Gasteiger charge is 2.14. The lowest BCUT2D eigenvalue weighted by molar-refractivity contribution is 0.0988. The van der Waals surface area contributed by atoms with E-state index in [-0.39, 0.29) is 11.7 Å². The van der Waals surface area contributed by atoms with Crippen LogP contribution in [0.15, 0.2) is 59.1 Å². The molecule has 3 rings (SSSR count). The summed E-state index contributed by atoms with van der Waals surface area (Å²) >= 11 is 0. The van der Waals surface area contributed by atoms with Crippen molar-refractivity contribution in [2.45, 2.75) is 13.5 Å². The minimum absolute atomic E-state index is 0.169. The van der Waals surface area contributed by atoms with Gasteiger partial charge in [0.1, 0.15) is 5.69 Å². The first-order valence-electron chi connectivity index (χ1n) is 7.58. The Morgan fingerprint density at radius 3 is 2.71 bits per heavy atom. The molecule has 1 N–H and O–H groups in total. The Hall–Kier alpha value is -2.92. The van der Waals surface area contributed by atoms with Crippen molar-refractivity contribution in [2.75, 3.05) is 12.4 Å². The quantitative estimate of drug-likeness (QED) is 0.769. The zero-order chi connectivity index (χ0) is 16.9. The number of hydrogen-bond acceptors (Lipinski definition) is 4. The predicted molar refractivity (Wildman–Crippen MR) is 91.8 cm³/mol. The van der Waals surface area contributed by atoms with Gasteiger partial charge in [0, 0.05) is 24.4 Å². The van der Waals surface area contributed by atoms with Gasteiger partial charge in [0.05, 0.1) is 6.61 Å². The molecule has 2 aromatic carbocycles. The molecule has 5 heteroatoms. The van der Waals surface area contributed by atoms with Crippen LogP contribution in [0.25, 0.3) is 11.3 Å². The fraction of sp³-hybridized carbons (Fsp3) is 0.158. The number of aryl methyl sites for hydroxylation is 1. The van der Waals surface area contributed by atoms with Gasteiger partial charge in [-0.05, 0) is 24.6 Å². The number of aromatic nitrogens is 1. The van der Waals surface area contributed by atoms with Gasteiger partial charge in [-0.15, -0.1) is 0 Å². The lowest BCUT2D eigenvalue weighted by Gasteiger charge is -2.05. The van der Waals surface area contributed by atoms with Crippen LogP contribution in [0.4, 0.5) is 5.69 Å². The van der Waals surface area contributed by atoms with Gasteiger partial charge in [-0.25, -0.2) is 0 Å². The number of carbonyl (C=O) groups is 1. The van der Waals surface area contributed by atoms with Gasteiger partial charge in [0.2, 0.25) is 5.76 Å². The Kier molecular flexibility index (Phi) is 4.72. The average Bonchev–Trinajstić information content (AvgIpc) is 3.06. The number of nitrogens with zero attached hydrogens (tertiary/aromatic N) is 1. The minimum atomic E-state index is -0.338. The fourth-order valence-electron chi connectivity index (χ4n) is 2.34. The van der Waals surface area contributed by atoms with Crippen LogP contribution in [0.1, 0.15) is 21.7 Å². The van der Waals surface area contributed by atoms with Gasteiger partial charge in [-0.3, -0.25) is 4.79 Å². The van der Waals surface area contributed by atoms with E-state index in [0.29, 0.717) is 18.0 Å². The summed E-state index contributed by atoms with van der Waals surface area (Å²) in [6.45, 7) is 2.51. The van der Waals surface area contributed by atoms with E-state index in [9.17, 15) is 4.79 Å². The summed E-state index contributed by atoms with van der Waals surface area (Å²) in [6, 6.07) is 17.0. The SMILES string of the molecule is COCc1cccc(NC(=O)c2cc(-c3ccc(C)cc3)no2)c1. The topological polar surface area (TPSA) is 64.4 Å². The van der Waals surface area contributed by atoms with Gasteiger partial charge < -0.3 is 14.6 Å². The first-order chi connectivity index (χ1) is 11.7. The monoisotopic (exact) mass is 322 g/mol. The second-order valence-corrected chi connectivity index (χ2v) is 5.53. The van der Waals surface area contributed by atoms with Crippen molar-refractivity contribution in [1.82, 2.24) is 5.16 Å². The van der Waals surface area contributed by atoms with Crippen LogP contribution in [0, 0.1) is 6.92 Å². The third kappa shape index (κ3) is 3.70. The zero-order valence-electron chi connectivity index (χ0n) is 13.6. The number of anilines is 1. The van der Waals surface area contributed by atoms with Crippen molar-refractivity contribution >= 4 is 11.6 Å². The number of ether oxygens (including phenoxy) is 1.